The van der Waals surface area contributed by atoms with Crippen molar-refractivity contribution in [2.75, 3.05) is 0 Å². The highest BCUT2D eigenvalue weighted by molar-refractivity contribution is 5.84. The van der Waals surface area contributed by atoms with Crippen LogP contribution in [0.3, 0.4) is 0 Å². The van der Waals surface area contributed by atoms with E-state index in [2.05, 4.69) is 5.32 Å². The number of carbonyl (C=O) groups excluding carboxylic acids is 1. The lowest BCUT2D eigenvalue weighted by Gasteiger charge is -2.15. The first kappa shape index (κ1) is 14.2. The van der Waals surface area contributed by atoms with Crippen LogP contribution in [0, 0.1) is 5.92 Å². The van der Waals surface area contributed by atoms with Gasteiger partial charge in [-0.05, 0) is 25.2 Å². The number of nitrogens with one attached hydrogen (secondary N) is 1. The van der Waals surface area contributed by atoms with Crippen molar-refractivity contribution in [1.29, 1.82) is 0 Å². The van der Waals surface area contributed by atoms with Gasteiger partial charge in [0.25, 0.3) is 0 Å². The Bertz CT molecular complexity index is 363. The molecule has 2 unspecified atom stereocenters. The Morgan fingerprint density at radius 3 is 2.56 bits per heavy atom. The van der Waals surface area contributed by atoms with Crippen LogP contribution in [0.4, 0.5) is 0 Å². The molecule has 100 valence electrons. The van der Waals surface area contributed by atoms with Gasteiger partial charge in [0.15, 0.2) is 0 Å². The molecule has 0 fully saturated rings. The zero-order valence-corrected chi connectivity index (χ0v) is 9.96. The molecule has 0 spiro atoms. The SMILES string of the molecule is O=C(O)CCC(NC(=O)CC1C=CCC1)C(=O)O. The first-order valence-electron chi connectivity index (χ1n) is 5.89. The summed E-state index contributed by atoms with van der Waals surface area (Å²) in [5.41, 5.74) is 0. The highest BCUT2D eigenvalue weighted by atomic mass is 16.4. The Hall–Kier alpha value is -1.85. The van der Waals surface area contributed by atoms with E-state index in [4.69, 9.17) is 10.2 Å². The molecule has 0 aliphatic heterocycles. The summed E-state index contributed by atoms with van der Waals surface area (Å²) in [6.07, 6.45) is 5.67. The molecule has 6 heteroatoms. The second-order valence-corrected chi connectivity index (χ2v) is 4.36. The van der Waals surface area contributed by atoms with Crippen LogP contribution in [0.25, 0.3) is 0 Å². The number of rotatable bonds is 7. The second-order valence-electron chi connectivity index (χ2n) is 4.36. The van der Waals surface area contributed by atoms with Crippen LogP contribution >= 0.6 is 0 Å². The van der Waals surface area contributed by atoms with Gasteiger partial charge in [-0.25, -0.2) is 4.79 Å². The van der Waals surface area contributed by atoms with Crippen LogP contribution < -0.4 is 5.32 Å². The van der Waals surface area contributed by atoms with Crippen LogP contribution in [-0.2, 0) is 14.4 Å². The van der Waals surface area contributed by atoms with Gasteiger partial charge >= 0.3 is 11.9 Å². The minimum absolute atomic E-state index is 0.100. The molecule has 0 saturated carbocycles. The molecule has 0 heterocycles. The number of carboxylic acids is 2. The van der Waals surface area contributed by atoms with E-state index in [1.807, 2.05) is 12.2 Å². The van der Waals surface area contributed by atoms with E-state index in [0.717, 1.165) is 12.8 Å². The summed E-state index contributed by atoms with van der Waals surface area (Å²) in [7, 11) is 0. The third kappa shape index (κ3) is 4.99. The monoisotopic (exact) mass is 255 g/mol. The van der Waals surface area contributed by atoms with E-state index in [-0.39, 0.29) is 31.1 Å². The average molecular weight is 255 g/mol. The predicted octanol–water partition coefficient (Wildman–Crippen LogP) is 0.777. The lowest BCUT2D eigenvalue weighted by Crippen LogP contribution is -2.41. The van der Waals surface area contributed by atoms with Crippen molar-refractivity contribution in [1.82, 2.24) is 5.32 Å². The van der Waals surface area contributed by atoms with Gasteiger partial charge in [-0.15, -0.1) is 0 Å². The number of amides is 1. The Kier molecular flexibility index (Phi) is 5.35. The van der Waals surface area contributed by atoms with E-state index >= 15 is 0 Å². The quantitative estimate of drug-likeness (QED) is 0.583. The fourth-order valence-corrected chi connectivity index (χ4v) is 1.88. The largest absolute Gasteiger partial charge is 0.481 e. The second kappa shape index (κ2) is 6.78. The first-order valence-corrected chi connectivity index (χ1v) is 5.89. The Morgan fingerprint density at radius 2 is 2.06 bits per heavy atom. The van der Waals surface area contributed by atoms with Gasteiger partial charge in [-0.2, -0.15) is 0 Å². The lowest BCUT2D eigenvalue weighted by molar-refractivity contribution is -0.143. The van der Waals surface area contributed by atoms with Crippen LogP contribution in [-0.4, -0.2) is 34.1 Å². The number of hydrogen-bond donors (Lipinski definition) is 3. The molecule has 6 nitrogen and oxygen atoms in total. The first-order chi connectivity index (χ1) is 8.49. The molecule has 1 aliphatic rings. The van der Waals surface area contributed by atoms with Gasteiger partial charge in [0.1, 0.15) is 6.04 Å². The van der Waals surface area contributed by atoms with Crippen LogP contribution in [0.5, 0.6) is 0 Å². The number of carbonyl (C=O) groups is 3. The minimum Gasteiger partial charge on any atom is -0.481 e. The Morgan fingerprint density at radius 1 is 1.33 bits per heavy atom. The summed E-state index contributed by atoms with van der Waals surface area (Å²) in [5.74, 6) is -2.45. The summed E-state index contributed by atoms with van der Waals surface area (Å²) in [4.78, 5) is 32.8. The topological polar surface area (TPSA) is 104 Å². The maximum absolute atomic E-state index is 11.6. The summed E-state index contributed by atoms with van der Waals surface area (Å²) in [5, 5.41) is 19.7. The molecule has 0 bridgehead atoms. The van der Waals surface area contributed by atoms with Gasteiger partial charge in [-0.1, -0.05) is 12.2 Å². The van der Waals surface area contributed by atoms with E-state index in [1.165, 1.54) is 0 Å². The third-order valence-corrected chi connectivity index (χ3v) is 2.84. The maximum atomic E-state index is 11.6. The lowest BCUT2D eigenvalue weighted by atomic mass is 10.0. The molecular weight excluding hydrogens is 238 g/mol. The number of allylic oxidation sites excluding steroid dienone is 2. The van der Waals surface area contributed by atoms with E-state index in [9.17, 15) is 14.4 Å². The van der Waals surface area contributed by atoms with Gasteiger partial charge < -0.3 is 15.5 Å². The zero-order chi connectivity index (χ0) is 13.5. The number of aliphatic carboxylic acids is 2. The van der Waals surface area contributed by atoms with Crippen molar-refractivity contribution in [3.8, 4) is 0 Å². The van der Waals surface area contributed by atoms with Crippen molar-refractivity contribution >= 4 is 17.8 Å². The van der Waals surface area contributed by atoms with Crippen molar-refractivity contribution in [3.05, 3.63) is 12.2 Å². The molecule has 1 rings (SSSR count). The van der Waals surface area contributed by atoms with Crippen LogP contribution in [0.2, 0.25) is 0 Å². The molecule has 0 saturated heterocycles. The molecule has 18 heavy (non-hydrogen) atoms. The fraction of sp³-hybridized carbons (Fsp3) is 0.583. The molecule has 2 atom stereocenters. The van der Waals surface area contributed by atoms with Crippen LogP contribution in [0.15, 0.2) is 12.2 Å². The Balaban J connectivity index is 2.39. The van der Waals surface area contributed by atoms with Crippen molar-refractivity contribution < 1.29 is 24.6 Å². The summed E-state index contributed by atoms with van der Waals surface area (Å²) < 4.78 is 0. The molecule has 0 radical (unpaired) electrons. The minimum atomic E-state index is -1.20. The smallest absolute Gasteiger partial charge is 0.326 e. The molecule has 0 aromatic heterocycles. The van der Waals surface area contributed by atoms with Gasteiger partial charge in [-0.3, -0.25) is 9.59 Å². The van der Waals surface area contributed by atoms with E-state index in [1.54, 1.807) is 0 Å². The summed E-state index contributed by atoms with van der Waals surface area (Å²) >= 11 is 0. The predicted molar refractivity (Wildman–Crippen MR) is 62.9 cm³/mol. The Labute approximate surface area is 105 Å². The molecule has 0 aromatic rings. The van der Waals surface area contributed by atoms with Crippen molar-refractivity contribution in [3.63, 3.8) is 0 Å². The highest BCUT2D eigenvalue weighted by Crippen LogP contribution is 2.20. The summed E-state index contributed by atoms with van der Waals surface area (Å²) in [6, 6.07) is -1.13. The molecule has 3 N–H and O–H groups in total. The van der Waals surface area contributed by atoms with Crippen LogP contribution in [0.1, 0.15) is 32.1 Å². The molecular formula is C12H17NO5. The molecule has 0 aromatic carbocycles. The highest BCUT2D eigenvalue weighted by Gasteiger charge is 2.22. The fourth-order valence-electron chi connectivity index (χ4n) is 1.88. The van der Waals surface area contributed by atoms with Crippen molar-refractivity contribution in [2.24, 2.45) is 5.92 Å². The molecule has 1 amide bonds. The van der Waals surface area contributed by atoms with E-state index < -0.39 is 18.0 Å². The summed E-state index contributed by atoms with van der Waals surface area (Å²) in [6.45, 7) is 0. The standard InChI is InChI=1S/C12H17NO5/c14-10(7-8-3-1-2-4-8)13-9(12(17)18)5-6-11(15)16/h1,3,8-9H,2,4-7H2,(H,13,14)(H,15,16)(H,17,18). The molecule has 1 aliphatic carbocycles. The number of hydrogen-bond acceptors (Lipinski definition) is 3. The number of carboxylic acid groups (broad SMARTS) is 2. The third-order valence-electron chi connectivity index (χ3n) is 2.84. The van der Waals surface area contributed by atoms with Gasteiger partial charge in [0.2, 0.25) is 5.91 Å². The van der Waals surface area contributed by atoms with Gasteiger partial charge in [0, 0.05) is 12.8 Å². The maximum Gasteiger partial charge on any atom is 0.326 e. The average Bonchev–Trinajstić information content (AvgIpc) is 2.76. The normalized spacial score (nSPS) is 19.4. The van der Waals surface area contributed by atoms with Crippen molar-refractivity contribution in [2.45, 2.75) is 38.1 Å². The van der Waals surface area contributed by atoms with E-state index in [0.29, 0.717) is 0 Å². The zero-order valence-electron chi connectivity index (χ0n) is 9.96. The van der Waals surface area contributed by atoms with Gasteiger partial charge in [0.05, 0.1) is 0 Å².